The fourth-order valence-electron chi connectivity index (χ4n) is 2.40. The van der Waals surface area contributed by atoms with Crippen LogP contribution in [-0.4, -0.2) is 43.2 Å². The third-order valence-electron chi connectivity index (χ3n) is 3.93. The van der Waals surface area contributed by atoms with Gasteiger partial charge in [0.25, 0.3) is 0 Å². The molecular formula is C20H34O4. The second-order valence-corrected chi connectivity index (χ2v) is 6.19. The van der Waals surface area contributed by atoms with Crippen LogP contribution in [0, 0.1) is 0 Å². The second-order valence-electron chi connectivity index (χ2n) is 6.19. The largest absolute Gasteiger partial charge is 0.388 e. The molecule has 0 spiro atoms. The van der Waals surface area contributed by atoms with E-state index in [9.17, 15) is 5.11 Å². The summed E-state index contributed by atoms with van der Waals surface area (Å²) in [5.41, 5.74) is 1.10. The average Bonchev–Trinajstić information content (AvgIpc) is 2.59. The maximum absolute atomic E-state index is 10.5. The van der Waals surface area contributed by atoms with Crippen molar-refractivity contribution in [1.82, 2.24) is 0 Å². The fraction of sp³-hybridized carbons (Fsp3) is 0.700. The maximum atomic E-state index is 10.5. The van der Waals surface area contributed by atoms with E-state index < -0.39 is 6.10 Å². The molecule has 0 amide bonds. The summed E-state index contributed by atoms with van der Waals surface area (Å²) in [6.45, 7) is 8.29. The number of hydrogen-bond donors (Lipinski definition) is 1. The number of aliphatic hydroxyl groups is 1. The Labute approximate surface area is 147 Å². The van der Waals surface area contributed by atoms with Gasteiger partial charge in [0.05, 0.1) is 19.3 Å². The van der Waals surface area contributed by atoms with Crippen molar-refractivity contribution in [3.8, 4) is 0 Å². The lowest BCUT2D eigenvalue weighted by atomic mass is 10.1. The number of hydrogen-bond acceptors (Lipinski definition) is 4. The number of rotatable bonds is 14. The Hall–Kier alpha value is -0.940. The van der Waals surface area contributed by atoms with Gasteiger partial charge in [-0.15, -0.1) is 0 Å². The van der Waals surface area contributed by atoms with E-state index in [1.165, 1.54) is 0 Å². The molecule has 1 N–H and O–H groups in total. The van der Waals surface area contributed by atoms with Crippen LogP contribution in [0.1, 0.15) is 52.0 Å². The molecule has 0 aliphatic rings. The van der Waals surface area contributed by atoms with E-state index in [1.54, 1.807) is 0 Å². The first-order valence-corrected chi connectivity index (χ1v) is 9.22. The Morgan fingerprint density at radius 3 is 2.21 bits per heavy atom. The second kappa shape index (κ2) is 13.4. The van der Waals surface area contributed by atoms with Gasteiger partial charge < -0.3 is 19.3 Å². The van der Waals surface area contributed by atoms with E-state index in [-0.39, 0.29) is 18.8 Å². The molecule has 0 aromatic heterocycles. The summed E-state index contributed by atoms with van der Waals surface area (Å²) in [5.74, 6) is 0. The van der Waals surface area contributed by atoms with Gasteiger partial charge in [-0.3, -0.25) is 0 Å². The lowest BCUT2D eigenvalue weighted by Crippen LogP contribution is -2.42. The smallest absolute Gasteiger partial charge is 0.111 e. The van der Waals surface area contributed by atoms with Gasteiger partial charge >= 0.3 is 0 Å². The molecule has 0 radical (unpaired) electrons. The van der Waals surface area contributed by atoms with Crippen molar-refractivity contribution in [3.63, 3.8) is 0 Å². The molecule has 0 saturated carbocycles. The van der Waals surface area contributed by atoms with E-state index in [2.05, 4.69) is 13.8 Å². The Bertz CT molecular complexity index is 396. The molecule has 1 aromatic rings. The van der Waals surface area contributed by atoms with Gasteiger partial charge in [0, 0.05) is 13.2 Å². The number of unbranched alkanes of at least 4 members (excludes halogenated alkanes) is 2. The minimum atomic E-state index is -0.692. The Morgan fingerprint density at radius 2 is 1.58 bits per heavy atom. The van der Waals surface area contributed by atoms with E-state index in [1.807, 2.05) is 37.3 Å². The summed E-state index contributed by atoms with van der Waals surface area (Å²) in [7, 11) is 0. The van der Waals surface area contributed by atoms with Crippen molar-refractivity contribution >= 4 is 0 Å². The van der Waals surface area contributed by atoms with Crippen molar-refractivity contribution in [3.05, 3.63) is 35.9 Å². The van der Waals surface area contributed by atoms with Crippen molar-refractivity contribution in [2.75, 3.05) is 19.8 Å². The van der Waals surface area contributed by atoms with Crippen LogP contribution >= 0.6 is 0 Å². The predicted octanol–water partition coefficient (Wildman–Crippen LogP) is 3.95. The zero-order chi connectivity index (χ0) is 17.6. The highest BCUT2D eigenvalue weighted by molar-refractivity contribution is 5.13. The van der Waals surface area contributed by atoms with E-state index in [0.29, 0.717) is 19.8 Å². The van der Waals surface area contributed by atoms with Crippen molar-refractivity contribution in [1.29, 1.82) is 0 Å². The summed E-state index contributed by atoms with van der Waals surface area (Å²) < 4.78 is 17.4. The topological polar surface area (TPSA) is 47.9 Å². The SMILES string of the molecule is CCCCOC(C)C(OCCCC)C(O)COCc1ccccc1. The third kappa shape index (κ3) is 8.78. The molecule has 4 heteroatoms. The Kier molecular flexibility index (Phi) is 11.7. The van der Waals surface area contributed by atoms with Crippen molar-refractivity contribution in [2.24, 2.45) is 0 Å². The minimum Gasteiger partial charge on any atom is -0.388 e. The first-order valence-electron chi connectivity index (χ1n) is 9.22. The van der Waals surface area contributed by atoms with Crippen LogP contribution < -0.4 is 0 Å². The van der Waals surface area contributed by atoms with Crippen molar-refractivity contribution < 1.29 is 19.3 Å². The van der Waals surface area contributed by atoms with Crippen LogP contribution in [0.3, 0.4) is 0 Å². The summed E-state index contributed by atoms with van der Waals surface area (Å²) >= 11 is 0. The zero-order valence-electron chi connectivity index (χ0n) is 15.4. The molecule has 3 unspecified atom stereocenters. The van der Waals surface area contributed by atoms with Crippen molar-refractivity contribution in [2.45, 2.75) is 71.4 Å². The molecule has 0 bridgehead atoms. The van der Waals surface area contributed by atoms with Crippen LogP contribution in [0.4, 0.5) is 0 Å². The summed E-state index contributed by atoms with van der Waals surface area (Å²) in [4.78, 5) is 0. The average molecular weight is 338 g/mol. The normalized spacial score (nSPS) is 15.2. The van der Waals surface area contributed by atoms with E-state index >= 15 is 0 Å². The minimum absolute atomic E-state index is 0.149. The quantitative estimate of drug-likeness (QED) is 0.522. The zero-order valence-corrected chi connectivity index (χ0v) is 15.4. The van der Waals surface area contributed by atoms with Gasteiger partial charge in [-0.2, -0.15) is 0 Å². The van der Waals surface area contributed by atoms with Crippen LogP contribution in [0.5, 0.6) is 0 Å². The molecule has 0 saturated heterocycles. The van der Waals surface area contributed by atoms with Gasteiger partial charge in [0.1, 0.15) is 12.2 Å². The van der Waals surface area contributed by atoms with Gasteiger partial charge in [0.2, 0.25) is 0 Å². The molecule has 0 aliphatic heterocycles. The van der Waals surface area contributed by atoms with Gasteiger partial charge in [-0.25, -0.2) is 0 Å². The van der Waals surface area contributed by atoms with Crippen LogP contribution in [0.2, 0.25) is 0 Å². The van der Waals surface area contributed by atoms with Gasteiger partial charge in [0.15, 0.2) is 0 Å². The first kappa shape index (κ1) is 21.1. The molecule has 0 aliphatic carbocycles. The van der Waals surface area contributed by atoms with Gasteiger partial charge in [-0.05, 0) is 25.3 Å². The maximum Gasteiger partial charge on any atom is 0.111 e. The molecule has 24 heavy (non-hydrogen) atoms. The monoisotopic (exact) mass is 338 g/mol. The molecular weight excluding hydrogens is 304 g/mol. The number of ether oxygens (including phenoxy) is 3. The third-order valence-corrected chi connectivity index (χ3v) is 3.93. The van der Waals surface area contributed by atoms with Gasteiger partial charge in [-0.1, -0.05) is 57.0 Å². The first-order chi connectivity index (χ1) is 11.7. The highest BCUT2D eigenvalue weighted by Gasteiger charge is 2.27. The molecule has 138 valence electrons. The lowest BCUT2D eigenvalue weighted by molar-refractivity contribution is -0.134. The fourth-order valence-corrected chi connectivity index (χ4v) is 2.40. The molecule has 4 nitrogen and oxygen atoms in total. The highest BCUT2D eigenvalue weighted by Crippen LogP contribution is 2.12. The predicted molar refractivity (Wildman–Crippen MR) is 97.1 cm³/mol. The number of benzene rings is 1. The summed E-state index contributed by atoms with van der Waals surface area (Å²) in [6.07, 6.45) is 2.97. The summed E-state index contributed by atoms with van der Waals surface area (Å²) in [5, 5.41) is 10.5. The van der Waals surface area contributed by atoms with E-state index in [0.717, 1.165) is 31.2 Å². The van der Waals surface area contributed by atoms with Crippen LogP contribution in [0.15, 0.2) is 30.3 Å². The molecule has 0 heterocycles. The number of aliphatic hydroxyl groups excluding tert-OH is 1. The summed E-state index contributed by atoms with van der Waals surface area (Å²) in [6, 6.07) is 9.96. The molecule has 3 atom stereocenters. The van der Waals surface area contributed by atoms with Crippen LogP contribution in [-0.2, 0) is 20.8 Å². The molecule has 1 aromatic carbocycles. The standard InChI is InChI=1S/C20H34O4/c1-4-6-13-23-17(3)20(24-14-7-5-2)19(21)16-22-15-18-11-9-8-10-12-18/h8-12,17,19-21H,4-7,13-16H2,1-3H3. The Balaban J connectivity index is 2.43. The highest BCUT2D eigenvalue weighted by atomic mass is 16.6. The van der Waals surface area contributed by atoms with Crippen LogP contribution in [0.25, 0.3) is 0 Å². The van der Waals surface area contributed by atoms with E-state index in [4.69, 9.17) is 14.2 Å². The lowest BCUT2D eigenvalue weighted by Gasteiger charge is -2.29. The molecule has 0 fully saturated rings. The molecule has 1 rings (SSSR count). The Morgan fingerprint density at radius 1 is 0.958 bits per heavy atom.